The summed E-state index contributed by atoms with van der Waals surface area (Å²) in [6.07, 6.45) is 4.00. The number of carbonyl (C=O) groups excluding carboxylic acids is 1. The van der Waals surface area contributed by atoms with Gasteiger partial charge in [0.25, 0.3) is 5.91 Å². The summed E-state index contributed by atoms with van der Waals surface area (Å²) in [5.41, 5.74) is 14.1. The summed E-state index contributed by atoms with van der Waals surface area (Å²) >= 11 is 1.53. The maximum atomic E-state index is 12.7. The minimum atomic E-state index is -0.685. The van der Waals surface area contributed by atoms with Gasteiger partial charge in [0.1, 0.15) is 17.1 Å². The van der Waals surface area contributed by atoms with Gasteiger partial charge in [0.05, 0.1) is 14.2 Å². The number of methoxy groups -OCH3 is 2. The third kappa shape index (κ3) is 4.64. The van der Waals surface area contributed by atoms with Gasteiger partial charge in [-0.2, -0.15) is 20.8 Å². The van der Waals surface area contributed by atoms with Crippen molar-refractivity contribution in [2.24, 2.45) is 11.5 Å². The molecule has 3 aromatic heterocycles. The highest BCUT2D eigenvalue weighted by atomic mass is 32.1. The van der Waals surface area contributed by atoms with Crippen LogP contribution in [0.4, 0.5) is 17.5 Å². The summed E-state index contributed by atoms with van der Waals surface area (Å²) < 4.78 is 12.3. The first-order chi connectivity index (χ1) is 17.5. The van der Waals surface area contributed by atoms with Crippen molar-refractivity contribution in [3.63, 3.8) is 0 Å². The molecule has 1 fully saturated rings. The first kappa shape index (κ1) is 23.8. The highest BCUT2D eigenvalue weighted by molar-refractivity contribution is 7.08. The fourth-order valence-corrected chi connectivity index (χ4v) is 5.02. The molecule has 12 heteroatoms. The molecule has 0 saturated heterocycles. The lowest BCUT2D eigenvalue weighted by Gasteiger charge is -2.29. The second-order valence-corrected chi connectivity index (χ2v) is 9.41. The maximum Gasteiger partial charge on any atom is 0.256 e. The summed E-state index contributed by atoms with van der Waals surface area (Å²) in [6, 6.07) is 7.19. The largest absolute Gasteiger partial charge is 0.497 e. The highest BCUT2D eigenvalue weighted by Crippen LogP contribution is 2.32. The minimum absolute atomic E-state index is 0.00689. The van der Waals surface area contributed by atoms with E-state index in [4.69, 9.17) is 25.9 Å². The van der Waals surface area contributed by atoms with E-state index in [2.05, 4.69) is 20.7 Å². The number of hydrogen-bond acceptors (Lipinski definition) is 10. The van der Waals surface area contributed by atoms with E-state index in [0.29, 0.717) is 34.6 Å². The van der Waals surface area contributed by atoms with Crippen LogP contribution in [0, 0.1) is 0 Å². The third-order valence-electron chi connectivity index (χ3n) is 6.26. The maximum absolute atomic E-state index is 12.7. The number of rotatable bonds is 8. The lowest BCUT2D eigenvalue weighted by Crippen LogP contribution is -2.43. The first-order valence-electron chi connectivity index (χ1n) is 11.6. The molecule has 0 aliphatic heterocycles. The number of thiophene rings is 1. The number of primary amides is 1. The van der Waals surface area contributed by atoms with Crippen LogP contribution in [-0.2, 0) is 0 Å². The Morgan fingerprint density at radius 2 is 1.89 bits per heavy atom. The fourth-order valence-electron chi connectivity index (χ4n) is 4.38. The minimum Gasteiger partial charge on any atom is -0.497 e. The Morgan fingerprint density at radius 3 is 2.53 bits per heavy atom. The van der Waals surface area contributed by atoms with Gasteiger partial charge in [-0.25, -0.2) is 4.98 Å². The number of ether oxygens (including phenoxy) is 2. The van der Waals surface area contributed by atoms with Gasteiger partial charge in [-0.1, -0.05) is 12.8 Å². The average molecular weight is 509 g/mol. The van der Waals surface area contributed by atoms with Gasteiger partial charge in [-0.05, 0) is 24.3 Å². The number of amides is 1. The molecule has 188 valence electrons. The van der Waals surface area contributed by atoms with Crippen molar-refractivity contribution >= 4 is 40.3 Å². The molecule has 2 atom stereocenters. The Balaban J connectivity index is 1.66. The van der Waals surface area contributed by atoms with Crippen LogP contribution in [0.2, 0.25) is 0 Å². The Morgan fingerprint density at radius 1 is 1.14 bits per heavy atom. The lowest BCUT2D eigenvalue weighted by atomic mass is 9.91. The molecule has 1 aliphatic rings. The number of fused-ring (bicyclic) bond motifs is 1. The summed E-state index contributed by atoms with van der Waals surface area (Å²) in [5, 5.41) is 15.2. The Hall–Kier alpha value is -3.90. The molecule has 0 unspecified atom stereocenters. The van der Waals surface area contributed by atoms with E-state index >= 15 is 0 Å². The predicted molar refractivity (Wildman–Crippen MR) is 139 cm³/mol. The van der Waals surface area contributed by atoms with Crippen molar-refractivity contribution in [2.45, 2.75) is 37.8 Å². The summed E-state index contributed by atoms with van der Waals surface area (Å²) in [4.78, 5) is 22.1. The molecule has 0 bridgehead atoms. The molecule has 1 aromatic carbocycles. The molecule has 0 radical (unpaired) electrons. The van der Waals surface area contributed by atoms with Gasteiger partial charge >= 0.3 is 0 Å². The molecule has 3 heterocycles. The van der Waals surface area contributed by atoms with Gasteiger partial charge < -0.3 is 31.6 Å². The van der Waals surface area contributed by atoms with Gasteiger partial charge in [0.2, 0.25) is 5.95 Å². The van der Waals surface area contributed by atoms with Crippen LogP contribution in [0.1, 0.15) is 36.0 Å². The topological polar surface area (TPSA) is 155 Å². The van der Waals surface area contributed by atoms with Crippen LogP contribution in [0.15, 0.2) is 35.0 Å². The number of nitrogens with two attached hydrogens (primary N) is 2. The lowest BCUT2D eigenvalue weighted by molar-refractivity contribution is 0.100. The SMILES string of the molecule is COc1cc(Nc2nc(N[C@@H]3CCCC[C@@H]3N)n3nc(-c4ccsc4)nc3c2C(N)=O)cc(OC)c1. The molecule has 1 saturated carbocycles. The summed E-state index contributed by atoms with van der Waals surface area (Å²) in [5.74, 6) is 1.59. The standard InChI is InChI=1S/C24H28N8O3S/c1-34-15-9-14(10-16(11-15)35-2)27-22-19(20(26)33)23-29-21(13-7-8-36-12-13)31-32(23)24(30-22)28-18-6-4-3-5-17(18)25/h7-12,17-18,27H,3-6,25H2,1-2H3,(H2,26,33)(H,28,30)/t17-,18+/m0/s1. The van der Waals surface area contributed by atoms with Gasteiger partial charge in [0.15, 0.2) is 17.3 Å². The number of nitrogens with one attached hydrogen (secondary N) is 2. The molecule has 1 amide bonds. The van der Waals surface area contributed by atoms with E-state index in [9.17, 15) is 4.79 Å². The van der Waals surface area contributed by atoms with Crippen molar-refractivity contribution in [3.8, 4) is 22.9 Å². The van der Waals surface area contributed by atoms with E-state index in [1.54, 1.807) is 32.4 Å². The van der Waals surface area contributed by atoms with E-state index in [0.717, 1.165) is 31.2 Å². The van der Waals surface area contributed by atoms with E-state index in [-0.39, 0.29) is 23.5 Å². The van der Waals surface area contributed by atoms with E-state index in [1.807, 2.05) is 16.8 Å². The molecule has 1 aliphatic carbocycles. The molecule has 11 nitrogen and oxygen atoms in total. The zero-order chi connectivity index (χ0) is 25.2. The number of nitrogens with zero attached hydrogens (tertiary/aromatic N) is 4. The summed E-state index contributed by atoms with van der Waals surface area (Å²) in [7, 11) is 3.13. The van der Waals surface area contributed by atoms with Crippen molar-refractivity contribution in [2.75, 3.05) is 24.9 Å². The zero-order valence-corrected chi connectivity index (χ0v) is 20.8. The predicted octanol–water partition coefficient (Wildman–Crippen LogP) is 3.39. The number of carbonyl (C=O) groups is 1. The monoisotopic (exact) mass is 508 g/mol. The normalized spacial score (nSPS) is 17.6. The smallest absolute Gasteiger partial charge is 0.256 e. The molecular weight excluding hydrogens is 480 g/mol. The van der Waals surface area contributed by atoms with E-state index < -0.39 is 5.91 Å². The van der Waals surface area contributed by atoms with Crippen molar-refractivity contribution in [1.29, 1.82) is 0 Å². The molecule has 6 N–H and O–H groups in total. The van der Waals surface area contributed by atoms with Gasteiger partial charge in [-0.15, -0.1) is 5.10 Å². The molecular formula is C24H28N8O3S. The Kier molecular flexibility index (Phi) is 6.61. The van der Waals surface area contributed by atoms with Gasteiger partial charge in [-0.3, -0.25) is 4.79 Å². The molecule has 0 spiro atoms. The molecule has 5 rings (SSSR count). The van der Waals surface area contributed by atoms with Crippen LogP contribution >= 0.6 is 11.3 Å². The average Bonchev–Trinajstić information content (AvgIpc) is 3.55. The van der Waals surface area contributed by atoms with Crippen LogP contribution in [0.3, 0.4) is 0 Å². The summed E-state index contributed by atoms with van der Waals surface area (Å²) in [6.45, 7) is 0. The van der Waals surface area contributed by atoms with E-state index in [1.165, 1.54) is 15.9 Å². The fraction of sp³-hybridized carbons (Fsp3) is 0.333. The second kappa shape index (κ2) is 9.99. The Labute approximate surface area is 211 Å². The molecule has 36 heavy (non-hydrogen) atoms. The second-order valence-electron chi connectivity index (χ2n) is 8.63. The number of aromatic nitrogens is 4. The number of anilines is 3. The van der Waals surface area contributed by atoms with Crippen LogP contribution in [0.25, 0.3) is 17.0 Å². The quantitative estimate of drug-likeness (QED) is 0.280. The van der Waals surface area contributed by atoms with Crippen LogP contribution in [0.5, 0.6) is 11.5 Å². The third-order valence-corrected chi connectivity index (χ3v) is 6.94. The van der Waals surface area contributed by atoms with Crippen molar-refractivity contribution in [1.82, 2.24) is 19.6 Å². The number of benzene rings is 1. The van der Waals surface area contributed by atoms with Crippen molar-refractivity contribution < 1.29 is 14.3 Å². The van der Waals surface area contributed by atoms with Crippen LogP contribution in [-0.4, -0.2) is 51.8 Å². The number of hydrogen-bond donors (Lipinski definition) is 4. The van der Waals surface area contributed by atoms with Crippen LogP contribution < -0.4 is 31.6 Å². The first-order valence-corrected chi connectivity index (χ1v) is 12.6. The van der Waals surface area contributed by atoms with Gasteiger partial charge in [0, 0.05) is 46.9 Å². The Bertz CT molecular complexity index is 1370. The molecule has 4 aromatic rings. The van der Waals surface area contributed by atoms with Crippen molar-refractivity contribution in [3.05, 3.63) is 40.6 Å². The zero-order valence-electron chi connectivity index (χ0n) is 20.0. The highest BCUT2D eigenvalue weighted by Gasteiger charge is 2.27.